The maximum absolute atomic E-state index is 10.2. The van der Waals surface area contributed by atoms with Gasteiger partial charge in [-0.1, -0.05) is 26.2 Å². The minimum Gasteiger partial charge on any atom is -0.548 e. The van der Waals surface area contributed by atoms with Crippen molar-refractivity contribution >= 4 is 5.97 Å². The van der Waals surface area contributed by atoms with E-state index in [0.29, 0.717) is 0 Å². The van der Waals surface area contributed by atoms with Crippen LogP contribution in [0.1, 0.15) is 39.5 Å². The Hall–Kier alpha value is 0.430. The smallest absolute Gasteiger partial charge is 0.548 e. The van der Waals surface area contributed by atoms with Crippen molar-refractivity contribution < 1.29 is 39.5 Å². The molecule has 0 rings (SSSR count). The van der Waals surface area contributed by atoms with Crippen LogP contribution in [0.3, 0.4) is 0 Å². The van der Waals surface area contributed by atoms with Crippen molar-refractivity contribution in [2.24, 2.45) is 0 Å². The Balaban J connectivity index is 0. The minimum atomic E-state index is -1.02. The number of hydrogen-bond acceptors (Lipinski definition) is 3. The first-order valence-electron chi connectivity index (χ1n) is 4.62. The van der Waals surface area contributed by atoms with Crippen molar-refractivity contribution in [1.29, 1.82) is 0 Å². The van der Waals surface area contributed by atoms with Crippen LogP contribution in [0.2, 0.25) is 0 Å². The van der Waals surface area contributed by atoms with Gasteiger partial charge in [0.2, 0.25) is 0 Å². The van der Waals surface area contributed by atoms with Gasteiger partial charge in [0.15, 0.2) is 0 Å². The van der Waals surface area contributed by atoms with E-state index in [1.807, 2.05) is 0 Å². The summed E-state index contributed by atoms with van der Waals surface area (Å²) in [6.07, 6.45) is 4.64. The molecule has 0 aliphatic heterocycles. The molecule has 0 aromatic heterocycles. The van der Waals surface area contributed by atoms with Gasteiger partial charge in [0.25, 0.3) is 0 Å². The largest absolute Gasteiger partial charge is 1.00 e. The molecular weight excluding hydrogens is 177 g/mol. The number of unbranched alkanes of at least 4 members (excludes halogenated alkanes) is 3. The average molecular weight is 195 g/mol. The van der Waals surface area contributed by atoms with Crippen LogP contribution in [0.5, 0.6) is 0 Å². The van der Waals surface area contributed by atoms with E-state index in [0.717, 1.165) is 13.0 Å². The summed E-state index contributed by atoms with van der Waals surface area (Å²) < 4.78 is 0. The van der Waals surface area contributed by atoms with Gasteiger partial charge in [-0.2, -0.15) is 0 Å². The van der Waals surface area contributed by atoms with Crippen LogP contribution >= 0.6 is 0 Å². The predicted octanol–water partition coefficient (Wildman–Crippen LogP) is -2.70. The third kappa shape index (κ3) is 10.4. The molecule has 1 unspecified atom stereocenters. The summed E-state index contributed by atoms with van der Waals surface area (Å²) in [5.41, 5.74) is 0. The number of rotatable bonds is 7. The molecule has 0 radical (unpaired) electrons. The number of carboxylic acid groups (broad SMARTS) is 1. The number of carboxylic acids is 1. The SMILES string of the molecule is CCCCCCNC(C)C(=O)[O-].[Na+]. The van der Waals surface area contributed by atoms with Crippen molar-refractivity contribution in [3.8, 4) is 0 Å². The van der Waals surface area contributed by atoms with Crippen LogP contribution in [0.25, 0.3) is 0 Å². The summed E-state index contributed by atoms with van der Waals surface area (Å²) >= 11 is 0. The zero-order valence-corrected chi connectivity index (χ0v) is 10.9. The maximum Gasteiger partial charge on any atom is 1.00 e. The normalized spacial score (nSPS) is 11.8. The maximum atomic E-state index is 10.2. The van der Waals surface area contributed by atoms with Gasteiger partial charge in [-0.15, -0.1) is 0 Å². The summed E-state index contributed by atoms with van der Waals surface area (Å²) in [7, 11) is 0. The molecule has 0 saturated heterocycles. The second kappa shape index (κ2) is 10.5. The number of aliphatic carboxylic acids is 1. The van der Waals surface area contributed by atoms with Gasteiger partial charge < -0.3 is 15.2 Å². The minimum absolute atomic E-state index is 0. The molecule has 0 heterocycles. The van der Waals surface area contributed by atoms with E-state index >= 15 is 0 Å². The van der Waals surface area contributed by atoms with E-state index in [4.69, 9.17) is 0 Å². The molecule has 72 valence electrons. The third-order valence-corrected chi connectivity index (χ3v) is 1.83. The molecule has 0 aliphatic carbocycles. The number of carbonyl (C=O) groups excluding carboxylic acids is 1. The fourth-order valence-corrected chi connectivity index (χ4v) is 0.954. The molecule has 0 aromatic rings. The molecule has 0 saturated carbocycles. The molecule has 0 aliphatic rings. The van der Waals surface area contributed by atoms with Crippen LogP contribution < -0.4 is 40.0 Å². The first kappa shape index (κ1) is 15.9. The Morgan fingerprint density at radius 2 is 2.00 bits per heavy atom. The number of nitrogens with one attached hydrogen (secondary N) is 1. The van der Waals surface area contributed by atoms with Crippen LogP contribution in [0.4, 0.5) is 0 Å². The topological polar surface area (TPSA) is 52.2 Å². The van der Waals surface area contributed by atoms with Gasteiger partial charge in [-0.25, -0.2) is 0 Å². The van der Waals surface area contributed by atoms with Crippen molar-refractivity contribution in [3.05, 3.63) is 0 Å². The van der Waals surface area contributed by atoms with Gasteiger partial charge >= 0.3 is 29.6 Å². The van der Waals surface area contributed by atoms with Gasteiger partial charge in [-0.05, 0) is 19.9 Å². The zero-order valence-electron chi connectivity index (χ0n) is 8.93. The van der Waals surface area contributed by atoms with Gasteiger partial charge in [0.1, 0.15) is 0 Å². The van der Waals surface area contributed by atoms with E-state index < -0.39 is 12.0 Å². The molecule has 0 amide bonds. The summed E-state index contributed by atoms with van der Waals surface area (Å²) in [6.45, 7) is 4.53. The fraction of sp³-hybridized carbons (Fsp3) is 0.889. The standard InChI is InChI=1S/C9H19NO2.Na/c1-3-4-5-6-7-10-8(2)9(11)12;/h8,10H,3-7H2,1-2H3,(H,11,12);/q;+1/p-1. The molecule has 1 atom stereocenters. The molecule has 0 aromatic carbocycles. The van der Waals surface area contributed by atoms with Gasteiger partial charge in [0, 0.05) is 6.04 Å². The summed E-state index contributed by atoms with van der Waals surface area (Å²) in [5.74, 6) is -1.02. The monoisotopic (exact) mass is 195 g/mol. The summed E-state index contributed by atoms with van der Waals surface area (Å²) in [6, 6.07) is -0.522. The molecule has 0 fully saturated rings. The Labute approximate surface area is 103 Å². The van der Waals surface area contributed by atoms with E-state index in [-0.39, 0.29) is 29.6 Å². The average Bonchev–Trinajstić information content (AvgIpc) is 2.03. The van der Waals surface area contributed by atoms with Crippen molar-refractivity contribution in [2.75, 3.05) is 6.54 Å². The number of carbonyl (C=O) groups is 1. The van der Waals surface area contributed by atoms with E-state index in [1.54, 1.807) is 6.92 Å². The quantitative estimate of drug-likeness (QED) is 0.355. The van der Waals surface area contributed by atoms with Crippen LogP contribution in [-0.4, -0.2) is 18.6 Å². The Morgan fingerprint density at radius 3 is 2.46 bits per heavy atom. The Morgan fingerprint density at radius 1 is 1.38 bits per heavy atom. The second-order valence-electron chi connectivity index (χ2n) is 3.06. The van der Waals surface area contributed by atoms with Crippen molar-refractivity contribution in [2.45, 2.75) is 45.6 Å². The van der Waals surface area contributed by atoms with E-state index in [1.165, 1.54) is 19.3 Å². The predicted molar refractivity (Wildman–Crippen MR) is 46.6 cm³/mol. The molecule has 0 bridgehead atoms. The molecule has 1 N–H and O–H groups in total. The third-order valence-electron chi connectivity index (χ3n) is 1.83. The fourth-order valence-electron chi connectivity index (χ4n) is 0.954. The van der Waals surface area contributed by atoms with Crippen molar-refractivity contribution in [1.82, 2.24) is 5.32 Å². The van der Waals surface area contributed by atoms with Gasteiger partial charge in [0.05, 0.1) is 5.97 Å². The van der Waals surface area contributed by atoms with Crippen molar-refractivity contribution in [3.63, 3.8) is 0 Å². The first-order valence-corrected chi connectivity index (χ1v) is 4.62. The van der Waals surface area contributed by atoms with Crippen LogP contribution in [-0.2, 0) is 4.79 Å². The van der Waals surface area contributed by atoms with Crippen LogP contribution in [0.15, 0.2) is 0 Å². The molecule has 4 heteroatoms. The number of hydrogen-bond donors (Lipinski definition) is 1. The molecule has 3 nitrogen and oxygen atoms in total. The zero-order chi connectivity index (χ0) is 9.40. The molecule has 0 spiro atoms. The van der Waals surface area contributed by atoms with E-state index in [2.05, 4.69) is 12.2 Å². The Bertz CT molecular complexity index is 131. The molecular formula is C9H18NNaO2. The van der Waals surface area contributed by atoms with E-state index in [9.17, 15) is 9.90 Å². The summed E-state index contributed by atoms with van der Waals surface area (Å²) in [5, 5.41) is 13.1. The van der Waals surface area contributed by atoms with Gasteiger partial charge in [-0.3, -0.25) is 0 Å². The Kier molecular flexibility index (Phi) is 12.8. The summed E-state index contributed by atoms with van der Waals surface area (Å²) in [4.78, 5) is 10.2. The second-order valence-corrected chi connectivity index (χ2v) is 3.06. The first-order chi connectivity index (χ1) is 5.68. The van der Waals surface area contributed by atoms with Crippen LogP contribution in [0, 0.1) is 0 Å². The molecule has 13 heavy (non-hydrogen) atoms.